The van der Waals surface area contributed by atoms with Gasteiger partial charge in [-0.3, -0.25) is 14.6 Å². The van der Waals surface area contributed by atoms with E-state index >= 15 is 0 Å². The third-order valence-electron chi connectivity index (χ3n) is 4.26. The highest BCUT2D eigenvalue weighted by atomic mass is 32.2. The highest BCUT2D eigenvalue weighted by molar-refractivity contribution is 8.14. The molecule has 0 fully saturated rings. The van der Waals surface area contributed by atoms with E-state index in [4.69, 9.17) is 4.74 Å². The minimum atomic E-state index is -0.0628. The first-order valence-corrected chi connectivity index (χ1v) is 8.91. The van der Waals surface area contributed by atoms with Crippen LogP contribution in [0.4, 0.5) is 5.82 Å². The smallest absolute Gasteiger partial charge is 0.271 e. The Kier molecular flexibility index (Phi) is 3.64. The number of aliphatic imine (C=N–C) groups is 1. The lowest BCUT2D eigenvalue weighted by atomic mass is 10.0. The number of ether oxygens (including phenoxy) is 1. The fraction of sp³-hybridized carbons (Fsp3) is 0.333. The molecule has 0 saturated carbocycles. The average Bonchev–Trinajstić information content (AvgIpc) is 2.90. The molecule has 0 amide bonds. The molecule has 1 aromatic heterocycles. The number of aromatic amines is 1. The second kappa shape index (κ2) is 5.70. The molecule has 2 aliphatic rings. The Hall–Kier alpha value is -2.21. The van der Waals surface area contributed by atoms with Gasteiger partial charge >= 0.3 is 0 Å². The number of nitrogens with zero attached hydrogens (tertiary/aromatic N) is 2. The number of benzene rings is 1. The first-order valence-electron chi connectivity index (χ1n) is 8.03. The maximum atomic E-state index is 12.6. The van der Waals surface area contributed by atoms with Crippen molar-refractivity contribution in [3.8, 4) is 5.75 Å². The number of nitrogens with one attached hydrogen (secondary N) is 1. The third-order valence-corrected chi connectivity index (χ3v) is 5.46. The van der Waals surface area contributed by atoms with Crippen molar-refractivity contribution in [3.63, 3.8) is 0 Å². The van der Waals surface area contributed by atoms with Gasteiger partial charge in [0.25, 0.3) is 5.56 Å². The topological polar surface area (TPSA) is 59.4 Å². The second-order valence-electron chi connectivity index (χ2n) is 6.32. The molecule has 124 valence electrons. The minimum absolute atomic E-state index is 0.0605. The van der Waals surface area contributed by atoms with Crippen molar-refractivity contribution < 1.29 is 4.74 Å². The average molecular weight is 341 g/mol. The Morgan fingerprint density at radius 2 is 2.17 bits per heavy atom. The van der Waals surface area contributed by atoms with Crippen molar-refractivity contribution in [1.29, 1.82) is 0 Å². The Morgan fingerprint density at radius 3 is 2.96 bits per heavy atom. The van der Waals surface area contributed by atoms with Crippen molar-refractivity contribution in [2.24, 2.45) is 4.99 Å². The molecule has 2 aliphatic heterocycles. The first-order chi connectivity index (χ1) is 11.5. The van der Waals surface area contributed by atoms with Gasteiger partial charge in [0, 0.05) is 11.6 Å². The Morgan fingerprint density at radius 1 is 1.38 bits per heavy atom. The molecule has 6 heteroatoms. The number of rotatable bonds is 2. The summed E-state index contributed by atoms with van der Waals surface area (Å²) in [7, 11) is 0. The van der Waals surface area contributed by atoms with Crippen molar-refractivity contribution >= 4 is 28.7 Å². The summed E-state index contributed by atoms with van der Waals surface area (Å²) in [5, 5.41) is 3.83. The lowest BCUT2D eigenvalue weighted by Crippen LogP contribution is -2.19. The lowest BCUT2D eigenvalue weighted by molar-refractivity contribution is 0.344. The molecular formula is C18H19N3O2S. The fourth-order valence-corrected chi connectivity index (χ4v) is 4.23. The molecule has 0 radical (unpaired) electrons. The fourth-order valence-electron chi connectivity index (χ4n) is 3.13. The Bertz CT molecular complexity index is 921. The maximum Gasteiger partial charge on any atom is 0.271 e. The predicted octanol–water partition coefficient (Wildman–Crippen LogP) is 4.07. The number of fused-ring (bicyclic) bond motifs is 2. The van der Waals surface area contributed by atoms with Crippen LogP contribution in [-0.4, -0.2) is 21.4 Å². The van der Waals surface area contributed by atoms with Gasteiger partial charge in [-0.2, -0.15) is 0 Å². The zero-order chi connectivity index (χ0) is 16.8. The summed E-state index contributed by atoms with van der Waals surface area (Å²) < 4.78 is 7.75. The number of hydrogen-bond donors (Lipinski definition) is 1. The molecule has 4 rings (SSSR count). The van der Waals surface area contributed by atoms with Gasteiger partial charge in [0.1, 0.15) is 12.4 Å². The van der Waals surface area contributed by atoms with Crippen molar-refractivity contribution in [2.45, 2.75) is 32.1 Å². The molecule has 2 aromatic rings. The number of hydrogen-bond acceptors (Lipinski definition) is 4. The van der Waals surface area contributed by atoms with E-state index in [9.17, 15) is 4.79 Å². The van der Waals surface area contributed by atoms with Gasteiger partial charge in [-0.05, 0) is 38.5 Å². The van der Waals surface area contributed by atoms with Crippen LogP contribution in [0.3, 0.4) is 0 Å². The third kappa shape index (κ3) is 2.41. The Labute approximate surface area is 144 Å². The van der Waals surface area contributed by atoms with Crippen LogP contribution < -0.4 is 10.3 Å². The molecule has 1 aromatic carbocycles. The quantitative estimate of drug-likeness (QED) is 0.896. The summed E-state index contributed by atoms with van der Waals surface area (Å²) in [6.45, 7) is 6.56. The van der Waals surface area contributed by atoms with Crippen LogP contribution in [-0.2, 0) is 0 Å². The van der Waals surface area contributed by atoms with Gasteiger partial charge in [0.15, 0.2) is 5.82 Å². The van der Waals surface area contributed by atoms with E-state index in [-0.39, 0.29) is 16.9 Å². The molecule has 1 unspecified atom stereocenters. The SMILES string of the molecule is CC1=Nc2c(c(=O)[nH]n2C(C)C)C(C2=Cc3ccccc3OC2)S1. The van der Waals surface area contributed by atoms with Gasteiger partial charge < -0.3 is 4.74 Å². The van der Waals surface area contributed by atoms with Crippen LogP contribution in [0.25, 0.3) is 6.08 Å². The maximum absolute atomic E-state index is 12.6. The molecule has 24 heavy (non-hydrogen) atoms. The van der Waals surface area contributed by atoms with E-state index in [1.165, 1.54) is 0 Å². The molecule has 3 heterocycles. The van der Waals surface area contributed by atoms with E-state index < -0.39 is 0 Å². The number of thioether (sulfide) groups is 1. The van der Waals surface area contributed by atoms with Gasteiger partial charge in [-0.25, -0.2) is 4.99 Å². The van der Waals surface area contributed by atoms with Crippen LogP contribution in [0.15, 0.2) is 39.6 Å². The summed E-state index contributed by atoms with van der Waals surface area (Å²) in [5.74, 6) is 1.64. The molecule has 0 saturated heterocycles. The standard InChI is InChI=1S/C18H19N3O2S/c1-10(2)21-17-15(18(22)20-21)16(24-11(3)19-17)13-8-12-6-4-5-7-14(12)23-9-13/h4-8,10,16H,9H2,1-3H3,(H,20,22). The highest BCUT2D eigenvalue weighted by Gasteiger charge is 2.33. The predicted molar refractivity (Wildman–Crippen MR) is 98.5 cm³/mol. The van der Waals surface area contributed by atoms with Crippen molar-refractivity contribution in [3.05, 3.63) is 51.3 Å². The minimum Gasteiger partial charge on any atom is -0.489 e. The first kappa shape index (κ1) is 15.3. The molecular weight excluding hydrogens is 322 g/mol. The second-order valence-corrected chi connectivity index (χ2v) is 7.61. The van der Waals surface area contributed by atoms with Gasteiger partial charge in [0.2, 0.25) is 0 Å². The highest BCUT2D eigenvalue weighted by Crippen LogP contribution is 2.46. The van der Waals surface area contributed by atoms with Crippen LogP contribution in [0.1, 0.15) is 43.2 Å². The molecule has 5 nitrogen and oxygen atoms in total. The summed E-state index contributed by atoms with van der Waals surface area (Å²) in [5.41, 5.74) is 2.82. The number of para-hydroxylation sites is 1. The normalized spacial score (nSPS) is 19.2. The van der Waals surface area contributed by atoms with Crippen LogP contribution in [0.5, 0.6) is 5.75 Å². The monoisotopic (exact) mass is 341 g/mol. The molecule has 0 bridgehead atoms. The van der Waals surface area contributed by atoms with Crippen LogP contribution in [0, 0.1) is 0 Å². The van der Waals surface area contributed by atoms with E-state index in [1.807, 2.05) is 49.7 Å². The van der Waals surface area contributed by atoms with E-state index in [0.717, 1.165) is 33.3 Å². The summed E-state index contributed by atoms with van der Waals surface area (Å²) in [6.07, 6.45) is 2.14. The van der Waals surface area contributed by atoms with Gasteiger partial charge in [-0.1, -0.05) is 30.0 Å². The zero-order valence-corrected chi connectivity index (χ0v) is 14.7. The van der Waals surface area contributed by atoms with E-state index in [1.54, 1.807) is 11.8 Å². The molecule has 0 spiro atoms. The van der Waals surface area contributed by atoms with Gasteiger partial charge in [0.05, 0.1) is 15.9 Å². The molecule has 1 atom stereocenters. The zero-order valence-electron chi connectivity index (χ0n) is 13.9. The van der Waals surface area contributed by atoms with Gasteiger partial charge in [-0.15, -0.1) is 0 Å². The summed E-state index contributed by atoms with van der Waals surface area (Å²) >= 11 is 1.62. The number of aromatic nitrogens is 2. The summed E-state index contributed by atoms with van der Waals surface area (Å²) in [4.78, 5) is 17.2. The summed E-state index contributed by atoms with van der Waals surface area (Å²) in [6, 6.07) is 8.12. The lowest BCUT2D eigenvalue weighted by Gasteiger charge is -2.26. The van der Waals surface area contributed by atoms with Crippen LogP contribution >= 0.6 is 11.8 Å². The Balaban J connectivity index is 1.84. The molecule has 0 aliphatic carbocycles. The van der Waals surface area contributed by atoms with Crippen LogP contribution in [0.2, 0.25) is 0 Å². The van der Waals surface area contributed by atoms with Crippen molar-refractivity contribution in [1.82, 2.24) is 9.78 Å². The van der Waals surface area contributed by atoms with E-state index in [2.05, 4.69) is 16.2 Å². The van der Waals surface area contributed by atoms with E-state index in [0.29, 0.717) is 6.61 Å². The number of H-pyrrole nitrogens is 1. The molecule has 1 N–H and O–H groups in total. The largest absolute Gasteiger partial charge is 0.489 e. The van der Waals surface area contributed by atoms with Crippen molar-refractivity contribution in [2.75, 3.05) is 6.61 Å².